The fourth-order valence-electron chi connectivity index (χ4n) is 2.58. The monoisotopic (exact) mass is 335 g/mol. The highest BCUT2D eigenvalue weighted by atomic mass is 32.1. The number of amides is 2. The number of carbonyl (C=O) groups is 2. The topological polar surface area (TPSA) is 61.9 Å². The number of thiocarbonyl (C=S) groups is 1. The molecule has 1 aliphatic rings. The second-order valence-corrected chi connectivity index (χ2v) is 5.41. The molecule has 6 nitrogen and oxygen atoms in total. The van der Waals surface area contributed by atoms with E-state index < -0.39 is 6.04 Å². The second-order valence-electron chi connectivity index (χ2n) is 5.02. The van der Waals surface area contributed by atoms with Crippen LogP contribution in [-0.4, -0.2) is 47.6 Å². The molecule has 1 aliphatic heterocycles. The molecule has 124 valence electrons. The summed E-state index contributed by atoms with van der Waals surface area (Å²) < 4.78 is 5.40. The van der Waals surface area contributed by atoms with Gasteiger partial charge in [-0.3, -0.25) is 19.4 Å². The predicted octanol–water partition coefficient (Wildman–Crippen LogP) is 1.54. The molecular formula is C16H21N3O3S. The van der Waals surface area contributed by atoms with E-state index in [1.807, 2.05) is 20.8 Å². The van der Waals surface area contributed by atoms with Gasteiger partial charge in [0.05, 0.1) is 12.3 Å². The number of benzene rings is 1. The van der Waals surface area contributed by atoms with Crippen molar-refractivity contribution < 1.29 is 14.3 Å². The van der Waals surface area contributed by atoms with Crippen LogP contribution in [0.3, 0.4) is 0 Å². The summed E-state index contributed by atoms with van der Waals surface area (Å²) in [6.45, 7) is 7.51. The van der Waals surface area contributed by atoms with Crippen LogP contribution in [0.2, 0.25) is 0 Å². The normalized spacial score (nSPS) is 18.3. The van der Waals surface area contributed by atoms with Crippen LogP contribution in [0.15, 0.2) is 24.3 Å². The van der Waals surface area contributed by atoms with E-state index in [0.717, 1.165) is 5.75 Å². The van der Waals surface area contributed by atoms with Crippen LogP contribution in [0.5, 0.6) is 5.75 Å². The molecule has 1 saturated heterocycles. The third kappa shape index (κ3) is 3.51. The molecule has 1 aromatic rings. The van der Waals surface area contributed by atoms with Crippen molar-refractivity contribution in [2.45, 2.75) is 26.8 Å². The molecule has 0 aromatic heterocycles. The van der Waals surface area contributed by atoms with Gasteiger partial charge in [-0.2, -0.15) is 0 Å². The average molecular weight is 335 g/mol. The summed E-state index contributed by atoms with van der Waals surface area (Å²) in [6.07, 6.45) is 0. The molecular weight excluding hydrogens is 314 g/mol. The number of rotatable bonds is 6. The Hall–Kier alpha value is -1.99. The maximum atomic E-state index is 12.8. The number of nitrogens with zero attached hydrogens (tertiary/aromatic N) is 2. The van der Waals surface area contributed by atoms with Gasteiger partial charge < -0.3 is 10.1 Å². The van der Waals surface area contributed by atoms with Crippen molar-refractivity contribution in [1.82, 2.24) is 10.2 Å². The van der Waals surface area contributed by atoms with E-state index in [-0.39, 0.29) is 16.9 Å². The Bertz CT molecular complexity index is 599. The van der Waals surface area contributed by atoms with E-state index >= 15 is 0 Å². The summed E-state index contributed by atoms with van der Waals surface area (Å²) in [6, 6.07) is 6.20. The highest BCUT2D eigenvalue weighted by Gasteiger charge is 2.41. The van der Waals surface area contributed by atoms with Gasteiger partial charge >= 0.3 is 0 Å². The van der Waals surface area contributed by atoms with Crippen molar-refractivity contribution in [2.24, 2.45) is 0 Å². The average Bonchev–Trinajstić information content (AvgIpc) is 2.53. The summed E-state index contributed by atoms with van der Waals surface area (Å²) >= 11 is 5.18. The molecule has 1 heterocycles. The lowest BCUT2D eigenvalue weighted by Crippen LogP contribution is -2.65. The first-order valence-corrected chi connectivity index (χ1v) is 8.09. The SMILES string of the molecule is CCOc1ccc(N2C(=O)C(N(CC)CC)C(=O)NC2=S)cc1. The van der Waals surface area contributed by atoms with Crippen molar-refractivity contribution in [3.63, 3.8) is 0 Å². The van der Waals surface area contributed by atoms with E-state index in [4.69, 9.17) is 17.0 Å². The highest BCUT2D eigenvalue weighted by molar-refractivity contribution is 7.80. The third-order valence-corrected chi connectivity index (χ3v) is 4.00. The van der Waals surface area contributed by atoms with Crippen molar-refractivity contribution in [3.8, 4) is 5.75 Å². The summed E-state index contributed by atoms with van der Waals surface area (Å²) in [7, 11) is 0. The van der Waals surface area contributed by atoms with Gasteiger partial charge in [-0.1, -0.05) is 13.8 Å². The molecule has 0 saturated carbocycles. The van der Waals surface area contributed by atoms with Crippen LogP contribution in [0, 0.1) is 0 Å². The molecule has 0 spiro atoms. The Kier molecular flexibility index (Phi) is 5.68. The number of ether oxygens (including phenoxy) is 1. The zero-order valence-electron chi connectivity index (χ0n) is 13.5. The smallest absolute Gasteiger partial charge is 0.260 e. The van der Waals surface area contributed by atoms with Gasteiger partial charge in [-0.15, -0.1) is 0 Å². The quantitative estimate of drug-likeness (QED) is 0.631. The van der Waals surface area contributed by atoms with Gasteiger partial charge in [0.15, 0.2) is 11.2 Å². The lowest BCUT2D eigenvalue weighted by molar-refractivity contribution is -0.135. The third-order valence-electron chi connectivity index (χ3n) is 3.72. The number of hydrogen-bond donors (Lipinski definition) is 1. The lowest BCUT2D eigenvalue weighted by atomic mass is 10.1. The molecule has 23 heavy (non-hydrogen) atoms. The molecule has 2 rings (SSSR count). The van der Waals surface area contributed by atoms with Gasteiger partial charge in [-0.05, 0) is 56.5 Å². The molecule has 7 heteroatoms. The fraction of sp³-hybridized carbons (Fsp3) is 0.438. The first-order chi connectivity index (χ1) is 11.0. The molecule has 1 atom stereocenters. The van der Waals surface area contributed by atoms with Gasteiger partial charge in [0.2, 0.25) is 0 Å². The first kappa shape index (κ1) is 17.4. The maximum Gasteiger partial charge on any atom is 0.260 e. The Labute approximate surface area is 141 Å². The summed E-state index contributed by atoms with van der Waals surface area (Å²) in [5, 5.41) is 2.73. The molecule has 0 bridgehead atoms. The van der Waals surface area contributed by atoms with Gasteiger partial charge in [0, 0.05) is 0 Å². The van der Waals surface area contributed by atoms with Gasteiger partial charge in [-0.25, -0.2) is 0 Å². The van der Waals surface area contributed by atoms with E-state index in [0.29, 0.717) is 25.4 Å². The number of carbonyl (C=O) groups excluding carboxylic acids is 2. The van der Waals surface area contributed by atoms with Gasteiger partial charge in [0.25, 0.3) is 11.8 Å². The molecule has 1 aromatic carbocycles. The minimum atomic E-state index is -0.858. The van der Waals surface area contributed by atoms with Crippen LogP contribution < -0.4 is 15.0 Å². The summed E-state index contributed by atoms with van der Waals surface area (Å²) in [5.74, 6) is 0.0217. The largest absolute Gasteiger partial charge is 0.494 e. The van der Waals surface area contributed by atoms with Crippen LogP contribution in [0.4, 0.5) is 5.69 Å². The van der Waals surface area contributed by atoms with E-state index in [1.54, 1.807) is 29.2 Å². The summed E-state index contributed by atoms with van der Waals surface area (Å²) in [4.78, 5) is 28.2. The molecule has 1 unspecified atom stereocenters. The van der Waals surface area contributed by atoms with Gasteiger partial charge in [0.1, 0.15) is 5.75 Å². The minimum Gasteiger partial charge on any atom is -0.494 e. The van der Waals surface area contributed by atoms with Crippen molar-refractivity contribution in [1.29, 1.82) is 0 Å². The number of hydrogen-bond acceptors (Lipinski definition) is 5. The highest BCUT2D eigenvalue weighted by Crippen LogP contribution is 2.23. The number of likely N-dealkylation sites (N-methyl/N-ethyl adjacent to an activating group) is 1. The minimum absolute atomic E-state index is 0.104. The van der Waals surface area contributed by atoms with Crippen LogP contribution in [0.1, 0.15) is 20.8 Å². The predicted molar refractivity (Wildman–Crippen MR) is 92.5 cm³/mol. The van der Waals surface area contributed by atoms with E-state index in [9.17, 15) is 9.59 Å². The Morgan fingerprint density at radius 2 is 1.78 bits per heavy atom. The molecule has 0 radical (unpaired) electrons. The van der Waals surface area contributed by atoms with Crippen LogP contribution in [0.25, 0.3) is 0 Å². The number of anilines is 1. The molecule has 1 fully saturated rings. The standard InChI is InChI=1S/C16H21N3O3S/c1-4-18(5-2)13-14(20)17-16(23)19(15(13)21)11-7-9-12(10-8-11)22-6-3/h7-10,13H,4-6H2,1-3H3,(H,17,20,23). The first-order valence-electron chi connectivity index (χ1n) is 7.69. The van der Waals surface area contributed by atoms with Crippen molar-refractivity contribution in [3.05, 3.63) is 24.3 Å². The van der Waals surface area contributed by atoms with E-state index in [2.05, 4.69) is 5.32 Å². The fourth-order valence-corrected chi connectivity index (χ4v) is 2.87. The van der Waals surface area contributed by atoms with Crippen LogP contribution in [-0.2, 0) is 9.59 Å². The zero-order chi connectivity index (χ0) is 17.0. The molecule has 1 N–H and O–H groups in total. The molecule has 0 aliphatic carbocycles. The number of nitrogens with one attached hydrogen (secondary N) is 1. The second kappa shape index (κ2) is 7.52. The summed E-state index contributed by atoms with van der Waals surface area (Å²) in [5.41, 5.74) is 0.612. The Morgan fingerprint density at radius 3 is 2.30 bits per heavy atom. The van der Waals surface area contributed by atoms with Crippen molar-refractivity contribution in [2.75, 3.05) is 24.6 Å². The zero-order valence-corrected chi connectivity index (χ0v) is 14.4. The molecule has 2 amide bonds. The van der Waals surface area contributed by atoms with E-state index in [1.165, 1.54) is 4.90 Å². The Morgan fingerprint density at radius 1 is 1.17 bits per heavy atom. The Balaban J connectivity index is 2.31. The van der Waals surface area contributed by atoms with Crippen molar-refractivity contribution >= 4 is 34.8 Å². The maximum absolute atomic E-state index is 12.8. The van der Waals surface area contributed by atoms with Crippen LogP contribution >= 0.6 is 12.2 Å². The lowest BCUT2D eigenvalue weighted by Gasteiger charge is -2.37.